The molecule has 0 aliphatic carbocycles. The van der Waals surface area contributed by atoms with Crippen molar-refractivity contribution in [2.45, 2.75) is 74.5 Å². The fraction of sp³-hybridized carbons (Fsp3) is 0.567. The zero-order valence-corrected chi connectivity index (χ0v) is 27.8. The molecule has 1 unspecified atom stereocenters. The number of rotatable bonds is 7. The number of aromatic nitrogens is 1. The minimum atomic E-state index is -0.752. The summed E-state index contributed by atoms with van der Waals surface area (Å²) in [6.45, 7) is 21.1. The molecule has 2 aromatic carbocycles. The Morgan fingerprint density at radius 1 is 0.763 bits per heavy atom. The fourth-order valence-corrected chi connectivity index (χ4v) is 4.98. The van der Waals surface area contributed by atoms with Gasteiger partial charge in [-0.2, -0.15) is 0 Å². The van der Waals surface area contributed by atoms with Crippen LogP contribution in [0.1, 0.15) is 61.8 Å². The molecule has 8 heteroatoms. The second-order valence-corrected chi connectivity index (χ2v) is 9.70. The molecule has 1 aliphatic rings. The molecule has 0 amide bonds. The molecule has 1 aromatic heterocycles. The highest BCUT2D eigenvalue weighted by atomic mass is 79.9. The highest BCUT2D eigenvalue weighted by molar-refractivity contribution is 9.10. The molecule has 0 spiro atoms. The molecule has 2 heterocycles. The van der Waals surface area contributed by atoms with Crippen molar-refractivity contribution in [2.75, 3.05) is 39.3 Å². The summed E-state index contributed by atoms with van der Waals surface area (Å²) in [5.74, 6) is -0.752. The maximum atomic E-state index is 10.9. The van der Waals surface area contributed by atoms with Crippen LogP contribution >= 0.6 is 31.9 Å². The van der Waals surface area contributed by atoms with E-state index in [1.54, 1.807) is 0 Å². The van der Waals surface area contributed by atoms with Gasteiger partial charge in [0.25, 0.3) is 0 Å². The van der Waals surface area contributed by atoms with Gasteiger partial charge in [-0.15, -0.1) is 0 Å². The molecule has 2 N–H and O–H groups in total. The van der Waals surface area contributed by atoms with Gasteiger partial charge in [0, 0.05) is 70.0 Å². The Balaban J connectivity index is 0.00000157. The average Bonchev–Trinajstić information content (AvgIpc) is 3.24. The lowest BCUT2D eigenvalue weighted by Gasteiger charge is -2.35. The van der Waals surface area contributed by atoms with Crippen molar-refractivity contribution in [3.05, 3.63) is 45.3 Å². The number of aliphatic hydroxyl groups is 1. The molecule has 216 valence electrons. The predicted molar refractivity (Wildman–Crippen MR) is 171 cm³/mol. The maximum absolute atomic E-state index is 10.9. The Morgan fingerprint density at radius 3 is 1.61 bits per heavy atom. The third kappa shape index (κ3) is 11.0. The van der Waals surface area contributed by atoms with Gasteiger partial charge in [0.2, 0.25) is 0 Å². The van der Waals surface area contributed by atoms with Crippen LogP contribution in [-0.2, 0) is 11.3 Å². The first-order chi connectivity index (χ1) is 18.4. The summed E-state index contributed by atoms with van der Waals surface area (Å²) in [7, 11) is 0. The molecular weight excluding hydrogens is 610 g/mol. The van der Waals surface area contributed by atoms with E-state index in [4.69, 9.17) is 5.11 Å². The van der Waals surface area contributed by atoms with Gasteiger partial charge in [0.1, 0.15) is 0 Å². The summed E-state index contributed by atoms with van der Waals surface area (Å²) in [6, 6.07) is 12.5. The summed E-state index contributed by atoms with van der Waals surface area (Å²) in [5, 5.41) is 22.0. The lowest BCUT2D eigenvalue weighted by atomic mass is 10.2. The number of β-amino-alcohol motifs (C(OH)–C–C–N with tert-alkyl or cyclic N) is 1. The zero-order valence-electron chi connectivity index (χ0n) is 24.6. The zero-order chi connectivity index (χ0) is 29.3. The van der Waals surface area contributed by atoms with Crippen molar-refractivity contribution in [2.24, 2.45) is 0 Å². The van der Waals surface area contributed by atoms with E-state index in [-0.39, 0.29) is 6.42 Å². The molecule has 6 nitrogen and oxygen atoms in total. The Kier molecular flexibility index (Phi) is 19.7. The number of carboxylic acids is 1. The predicted octanol–water partition coefficient (Wildman–Crippen LogP) is 7.88. The molecule has 1 atom stereocenters. The van der Waals surface area contributed by atoms with Gasteiger partial charge in [0.15, 0.2) is 0 Å². The Hall–Kier alpha value is -1.45. The number of aliphatic carboxylic acids is 1. The van der Waals surface area contributed by atoms with Gasteiger partial charge < -0.3 is 19.7 Å². The molecule has 0 radical (unpaired) electrons. The van der Waals surface area contributed by atoms with Crippen LogP contribution in [0.2, 0.25) is 0 Å². The number of carboxylic acid groups (broad SMARTS) is 1. The van der Waals surface area contributed by atoms with Crippen molar-refractivity contribution in [1.29, 1.82) is 0 Å². The summed E-state index contributed by atoms with van der Waals surface area (Å²) >= 11 is 7.15. The smallest absolute Gasteiger partial charge is 0.304 e. The molecule has 1 fully saturated rings. The number of hydrogen-bond acceptors (Lipinski definition) is 4. The number of aliphatic hydroxyl groups excluding tert-OH is 1. The summed E-state index contributed by atoms with van der Waals surface area (Å²) in [5.41, 5.74) is 2.23. The second-order valence-electron chi connectivity index (χ2n) is 7.87. The van der Waals surface area contributed by atoms with Crippen molar-refractivity contribution < 1.29 is 15.0 Å². The van der Waals surface area contributed by atoms with E-state index in [9.17, 15) is 9.90 Å². The van der Waals surface area contributed by atoms with Gasteiger partial charge in [-0.25, -0.2) is 0 Å². The van der Waals surface area contributed by atoms with Gasteiger partial charge in [-0.05, 0) is 36.4 Å². The first-order valence-corrected chi connectivity index (χ1v) is 15.7. The van der Waals surface area contributed by atoms with Crippen LogP contribution < -0.4 is 0 Å². The number of benzene rings is 2. The number of nitrogens with zero attached hydrogens (tertiary/aromatic N) is 3. The van der Waals surface area contributed by atoms with E-state index in [1.807, 2.05) is 67.5 Å². The number of fused-ring (bicyclic) bond motifs is 3. The van der Waals surface area contributed by atoms with E-state index >= 15 is 0 Å². The van der Waals surface area contributed by atoms with Gasteiger partial charge in [-0.1, -0.05) is 87.2 Å². The second kappa shape index (κ2) is 20.5. The van der Waals surface area contributed by atoms with Crippen LogP contribution in [0.3, 0.4) is 0 Å². The minimum Gasteiger partial charge on any atom is -0.481 e. The monoisotopic (exact) mass is 657 g/mol. The number of piperazine rings is 1. The molecular formula is C30H49Br2N3O3. The molecule has 1 saturated heterocycles. The average molecular weight is 660 g/mol. The van der Waals surface area contributed by atoms with E-state index in [1.165, 1.54) is 10.8 Å². The van der Waals surface area contributed by atoms with Crippen molar-refractivity contribution in [1.82, 2.24) is 14.4 Å². The van der Waals surface area contributed by atoms with Crippen molar-refractivity contribution in [3.63, 3.8) is 0 Å². The summed E-state index contributed by atoms with van der Waals surface area (Å²) < 4.78 is 4.28. The topological polar surface area (TPSA) is 68.9 Å². The molecule has 0 bridgehead atoms. The van der Waals surface area contributed by atoms with Gasteiger partial charge >= 0.3 is 5.97 Å². The Labute approximate surface area is 247 Å². The molecule has 4 rings (SSSR count). The molecule has 3 aromatic rings. The third-order valence-electron chi connectivity index (χ3n) is 5.76. The number of carbonyl (C=O) groups is 1. The summed E-state index contributed by atoms with van der Waals surface area (Å²) in [6.07, 6.45) is -0.301. The van der Waals surface area contributed by atoms with Crippen LogP contribution in [0, 0.1) is 0 Å². The lowest BCUT2D eigenvalue weighted by molar-refractivity contribution is -0.137. The Morgan fingerprint density at radius 2 is 1.18 bits per heavy atom. The van der Waals surface area contributed by atoms with Crippen molar-refractivity contribution in [3.8, 4) is 0 Å². The standard InChI is InChI=1S/C22H25Br2N3O3.4C2H6/c23-15-1-3-20-18(11-15)19-12-16(24)2-4-21(19)27(20)14-17(28)13-26-9-7-25(8-10-26)6-5-22(29)30;4*1-2/h1-4,11-12,17,28H,5-10,13-14H2,(H,29,30);4*1-2H3. The summed E-state index contributed by atoms with van der Waals surface area (Å²) in [4.78, 5) is 15.2. The van der Waals surface area contributed by atoms with Crippen LogP contribution in [-0.4, -0.2) is 75.9 Å². The van der Waals surface area contributed by atoms with Gasteiger partial charge in [0.05, 0.1) is 19.1 Å². The maximum Gasteiger partial charge on any atom is 0.304 e. The van der Waals surface area contributed by atoms with Crippen molar-refractivity contribution >= 4 is 59.6 Å². The number of hydrogen-bond donors (Lipinski definition) is 2. The quantitative estimate of drug-likeness (QED) is 0.270. The molecule has 0 saturated carbocycles. The highest BCUT2D eigenvalue weighted by Crippen LogP contribution is 2.33. The van der Waals surface area contributed by atoms with Crippen LogP contribution in [0.5, 0.6) is 0 Å². The molecule has 38 heavy (non-hydrogen) atoms. The highest BCUT2D eigenvalue weighted by Gasteiger charge is 2.21. The van der Waals surface area contributed by atoms with E-state index < -0.39 is 12.1 Å². The SMILES string of the molecule is CC.CC.CC.CC.O=C(O)CCN1CCN(CC(O)Cn2c3ccc(Br)cc3c3cc(Br)ccc32)CC1. The largest absolute Gasteiger partial charge is 0.481 e. The van der Waals surface area contributed by atoms with E-state index in [0.717, 1.165) is 46.2 Å². The fourth-order valence-electron chi connectivity index (χ4n) is 4.26. The normalized spacial score (nSPS) is 14.1. The van der Waals surface area contributed by atoms with Crippen LogP contribution in [0.15, 0.2) is 45.3 Å². The van der Waals surface area contributed by atoms with E-state index in [0.29, 0.717) is 19.6 Å². The minimum absolute atomic E-state index is 0.183. The first-order valence-electron chi connectivity index (χ1n) is 14.1. The van der Waals surface area contributed by atoms with Crippen LogP contribution in [0.25, 0.3) is 21.8 Å². The Bertz CT molecular complexity index is 1000. The van der Waals surface area contributed by atoms with Gasteiger partial charge in [-0.3, -0.25) is 9.69 Å². The first kappa shape index (κ1) is 36.5. The van der Waals surface area contributed by atoms with Crippen LogP contribution in [0.4, 0.5) is 0 Å². The third-order valence-corrected chi connectivity index (χ3v) is 6.74. The molecule has 1 aliphatic heterocycles. The lowest BCUT2D eigenvalue weighted by Crippen LogP contribution is -2.49. The van der Waals surface area contributed by atoms with E-state index in [2.05, 4.69) is 70.5 Å². The number of halogens is 2.